The van der Waals surface area contributed by atoms with Gasteiger partial charge in [0.1, 0.15) is 12.5 Å². The lowest BCUT2D eigenvalue weighted by molar-refractivity contribution is 0.588. The number of hydrogen-bond acceptors (Lipinski definition) is 3. The predicted octanol–water partition coefficient (Wildman–Crippen LogP) is 14.4. The lowest BCUT2D eigenvalue weighted by atomic mass is 9.77. The Bertz CT molecular complexity index is 3610. The molecule has 0 N–H and O–H groups in total. The lowest BCUT2D eigenvalue weighted by Gasteiger charge is -2.29. The largest absolute Gasteiger partial charge is 0.321 e. The lowest BCUT2D eigenvalue weighted by Crippen LogP contribution is -2.25. The van der Waals surface area contributed by atoms with Gasteiger partial charge in [-0.3, -0.25) is 4.57 Å². The van der Waals surface area contributed by atoms with Gasteiger partial charge in [-0.1, -0.05) is 168 Å². The maximum Gasteiger partial charge on any atom is 0.137 e. The standard InChI is InChI=1S/C55H48N4/c1-54(2,3)40-32-33-56-52(36-40)59-48-27-13-12-24-46(48)47-31-30-42(35-51(47)59)55(4,5)41-22-16-23-43(34-41)57-37-58(50-29-15-14-28-49(50)57)53-44(38-18-8-6-9-19-38)25-17-26-45(53)39-20-10-7-11-21-39/h6-36H,37H2,1-5H3/i6D,7D,8D,9D,10D,11D,17D,18D,19D,20D,21D,25D,26D. The van der Waals surface area contributed by atoms with Gasteiger partial charge in [-0.15, -0.1) is 0 Å². The minimum atomic E-state index is -0.727. The van der Waals surface area contributed by atoms with E-state index in [1.165, 1.54) is 0 Å². The van der Waals surface area contributed by atoms with Crippen molar-refractivity contribution in [3.05, 3.63) is 205 Å². The van der Waals surface area contributed by atoms with E-state index >= 15 is 0 Å². The van der Waals surface area contributed by atoms with E-state index in [4.69, 9.17) is 20.1 Å². The summed E-state index contributed by atoms with van der Waals surface area (Å²) in [5.74, 6) is 0.819. The molecule has 0 radical (unpaired) electrons. The second-order valence-corrected chi connectivity index (χ2v) is 16.4. The van der Waals surface area contributed by atoms with Crippen LogP contribution in [0.15, 0.2) is 188 Å². The highest BCUT2D eigenvalue weighted by Gasteiger charge is 2.32. The van der Waals surface area contributed by atoms with Crippen LogP contribution in [0.3, 0.4) is 0 Å². The van der Waals surface area contributed by atoms with Crippen LogP contribution in [0.4, 0.5) is 22.7 Å². The van der Waals surface area contributed by atoms with Gasteiger partial charge >= 0.3 is 0 Å². The second-order valence-electron chi connectivity index (χ2n) is 16.4. The third-order valence-corrected chi connectivity index (χ3v) is 11.5. The Hall–Kier alpha value is -6.91. The van der Waals surface area contributed by atoms with Crippen molar-refractivity contribution < 1.29 is 17.8 Å². The quantitative estimate of drug-likeness (QED) is 0.161. The van der Waals surface area contributed by atoms with Gasteiger partial charge < -0.3 is 9.80 Å². The van der Waals surface area contributed by atoms with Crippen LogP contribution in [-0.4, -0.2) is 16.2 Å². The van der Waals surface area contributed by atoms with E-state index in [0.29, 0.717) is 11.4 Å². The highest BCUT2D eigenvalue weighted by Crippen LogP contribution is 2.50. The number of fused-ring (bicyclic) bond motifs is 4. The number of benzene rings is 7. The van der Waals surface area contributed by atoms with Crippen molar-refractivity contribution in [2.45, 2.75) is 45.4 Å². The number of para-hydroxylation sites is 4. The minimum absolute atomic E-state index is 0.0660. The van der Waals surface area contributed by atoms with E-state index < -0.39 is 95.1 Å². The maximum atomic E-state index is 9.42. The number of aromatic nitrogens is 2. The Morgan fingerprint density at radius 1 is 0.525 bits per heavy atom. The molecule has 1 aliphatic heterocycles. The van der Waals surface area contributed by atoms with Crippen molar-refractivity contribution in [3.8, 4) is 28.1 Å². The molecule has 3 heterocycles. The molecule has 0 saturated heterocycles. The van der Waals surface area contributed by atoms with Crippen LogP contribution in [0.1, 0.15) is 69.1 Å². The molecular weight excluding hydrogens is 717 g/mol. The average molecular weight is 778 g/mol. The van der Waals surface area contributed by atoms with Crippen molar-refractivity contribution >= 4 is 44.6 Å². The molecule has 0 atom stereocenters. The topological polar surface area (TPSA) is 24.3 Å². The first kappa shape index (κ1) is 24.8. The summed E-state index contributed by atoms with van der Waals surface area (Å²) in [4.78, 5) is 8.54. The van der Waals surface area contributed by atoms with Crippen LogP contribution in [0, 0.1) is 0 Å². The number of anilines is 4. The van der Waals surface area contributed by atoms with Gasteiger partial charge in [-0.25, -0.2) is 4.98 Å². The molecule has 288 valence electrons. The predicted molar refractivity (Wildman–Crippen MR) is 249 cm³/mol. The summed E-state index contributed by atoms with van der Waals surface area (Å²) in [6, 6.07) is 25.6. The van der Waals surface area contributed by atoms with E-state index in [0.717, 1.165) is 50.0 Å². The Morgan fingerprint density at radius 2 is 1.15 bits per heavy atom. The molecule has 0 fully saturated rings. The molecule has 0 unspecified atom stereocenters. The molecular formula is C55H48N4. The Morgan fingerprint density at radius 3 is 1.85 bits per heavy atom. The van der Waals surface area contributed by atoms with Gasteiger partial charge in [0.2, 0.25) is 0 Å². The van der Waals surface area contributed by atoms with Gasteiger partial charge in [0.15, 0.2) is 0 Å². The second kappa shape index (κ2) is 14.2. The van der Waals surface area contributed by atoms with Gasteiger partial charge in [0.05, 0.1) is 45.9 Å². The zero-order valence-electron chi connectivity index (χ0n) is 46.4. The average Bonchev–Trinajstić information content (AvgIpc) is 3.92. The summed E-state index contributed by atoms with van der Waals surface area (Å²) in [6.45, 7) is 10.8. The van der Waals surface area contributed by atoms with Crippen LogP contribution < -0.4 is 9.80 Å². The summed E-state index contributed by atoms with van der Waals surface area (Å²) in [5, 5.41) is 2.20. The van der Waals surface area contributed by atoms with E-state index in [1.54, 1.807) is 17.0 Å². The van der Waals surface area contributed by atoms with E-state index in [9.17, 15) is 2.74 Å². The van der Waals surface area contributed by atoms with Gasteiger partial charge in [0, 0.05) is 39.2 Å². The highest BCUT2D eigenvalue weighted by molar-refractivity contribution is 6.09. The zero-order chi connectivity index (χ0) is 51.6. The molecule has 59 heavy (non-hydrogen) atoms. The molecule has 1 aliphatic rings. The van der Waals surface area contributed by atoms with Crippen molar-refractivity contribution in [2.24, 2.45) is 0 Å². The third-order valence-electron chi connectivity index (χ3n) is 11.5. The SMILES string of the molecule is [2H]c1c([2H])c([2H])c(-c2c([2H])c([2H])c([2H])c(-c3c([2H])c([2H])c([2H])c([2H])c3[2H])c2N2CN(c3cccc(C(C)(C)c4ccc5c6ccccc6n(-c6cc(C(C)(C)C)ccn6)c5c4)c3)c3ccccc32)c([2H])c1[2H]. The fourth-order valence-corrected chi connectivity index (χ4v) is 8.25. The van der Waals surface area contributed by atoms with Crippen LogP contribution in [0.5, 0.6) is 0 Å². The van der Waals surface area contributed by atoms with E-state index in [-0.39, 0.29) is 28.9 Å². The zero-order valence-corrected chi connectivity index (χ0v) is 33.4. The van der Waals surface area contributed by atoms with E-state index in [1.807, 2.05) is 47.5 Å². The van der Waals surface area contributed by atoms with Gasteiger partial charge in [-0.05, 0) is 81.8 Å². The Balaban J connectivity index is 1.16. The van der Waals surface area contributed by atoms with Crippen molar-refractivity contribution in [2.75, 3.05) is 16.5 Å². The van der Waals surface area contributed by atoms with Gasteiger partial charge in [-0.2, -0.15) is 0 Å². The molecule has 0 amide bonds. The maximum absolute atomic E-state index is 9.42. The summed E-state index contributed by atoms with van der Waals surface area (Å²) in [6.07, 6.45) is 1.86. The van der Waals surface area contributed by atoms with Crippen LogP contribution >= 0.6 is 0 Å². The summed E-state index contributed by atoms with van der Waals surface area (Å²) < 4.78 is 118. The molecule has 2 aromatic heterocycles. The number of hydrogen-bond donors (Lipinski definition) is 0. The van der Waals surface area contributed by atoms with Crippen molar-refractivity contribution in [1.29, 1.82) is 0 Å². The smallest absolute Gasteiger partial charge is 0.137 e. The first-order chi connectivity index (χ1) is 34.1. The first-order valence-electron chi connectivity index (χ1n) is 26.1. The molecule has 0 aliphatic carbocycles. The highest BCUT2D eigenvalue weighted by atomic mass is 15.4. The van der Waals surface area contributed by atoms with Crippen LogP contribution in [0.25, 0.3) is 49.9 Å². The monoisotopic (exact) mass is 777 g/mol. The third kappa shape index (κ3) is 6.27. The Kier molecular flexibility index (Phi) is 5.95. The molecule has 7 aromatic carbocycles. The van der Waals surface area contributed by atoms with Crippen LogP contribution in [-0.2, 0) is 10.8 Å². The molecule has 0 saturated carbocycles. The first-order valence-corrected chi connectivity index (χ1v) is 19.6. The summed E-state index contributed by atoms with van der Waals surface area (Å²) in [7, 11) is 0. The summed E-state index contributed by atoms with van der Waals surface area (Å²) >= 11 is 0. The molecule has 9 aromatic rings. The normalized spacial score (nSPS) is 16.1. The number of nitrogens with zero attached hydrogens (tertiary/aromatic N) is 4. The summed E-state index contributed by atoms with van der Waals surface area (Å²) in [5.41, 5.74) is 4.76. The Labute approximate surface area is 365 Å². The number of rotatable bonds is 7. The molecule has 0 bridgehead atoms. The number of pyridine rings is 1. The fourth-order valence-electron chi connectivity index (χ4n) is 8.25. The van der Waals surface area contributed by atoms with Crippen molar-refractivity contribution in [1.82, 2.24) is 9.55 Å². The molecule has 0 spiro atoms. The molecule has 4 heteroatoms. The van der Waals surface area contributed by atoms with Crippen molar-refractivity contribution in [3.63, 3.8) is 0 Å². The van der Waals surface area contributed by atoms with Gasteiger partial charge in [0.25, 0.3) is 0 Å². The molecule has 10 rings (SSSR count). The van der Waals surface area contributed by atoms with Crippen LogP contribution in [0.2, 0.25) is 0 Å². The fraction of sp³-hybridized carbons (Fsp3) is 0.145. The van der Waals surface area contributed by atoms with E-state index in [2.05, 4.69) is 93.8 Å². The minimum Gasteiger partial charge on any atom is -0.321 e. The molecule has 4 nitrogen and oxygen atoms in total.